The lowest BCUT2D eigenvalue weighted by Crippen LogP contribution is -2.37. The largest absolute Gasteiger partial charge is 0.311 e. The number of anilines is 3. The summed E-state index contributed by atoms with van der Waals surface area (Å²) in [6, 6.07) is 41.0. The average Bonchev–Trinajstić information content (AvgIpc) is 4.09. The lowest BCUT2D eigenvalue weighted by atomic mass is 9.62. The van der Waals surface area contributed by atoms with Crippen molar-refractivity contribution in [2.75, 3.05) is 9.80 Å². The number of hydrogen-bond acceptors (Lipinski definition) is 3. The first-order valence-electron chi connectivity index (χ1n) is 30.2. The van der Waals surface area contributed by atoms with Crippen LogP contribution in [0.1, 0.15) is 128 Å². The minimum atomic E-state index is -0.406. The number of halogens is 2. The second-order valence-corrected chi connectivity index (χ2v) is 25.5. The summed E-state index contributed by atoms with van der Waals surface area (Å²) in [5.41, 5.74) is 17.6. The molecule has 0 amide bonds. The Labute approximate surface area is 486 Å². The Morgan fingerprint density at radius 1 is 0.598 bits per heavy atom. The Morgan fingerprint density at radius 3 is 2.00 bits per heavy atom. The van der Waals surface area contributed by atoms with Crippen molar-refractivity contribution < 1.29 is 8.78 Å². The van der Waals surface area contributed by atoms with Crippen molar-refractivity contribution in [3.63, 3.8) is 0 Å². The molecule has 0 N–H and O–H groups in total. The molecule has 0 spiro atoms. The fraction of sp³-hybridized carbons (Fsp3) is 0.247. The maximum Gasteiger partial charge on any atom is 0.132 e. The molecule has 0 radical (unpaired) electrons. The van der Waals surface area contributed by atoms with E-state index in [2.05, 4.69) is 205 Å². The highest BCUT2D eigenvalue weighted by Gasteiger charge is 2.45. The van der Waals surface area contributed by atoms with Crippen LogP contribution < -0.4 is 20.2 Å². The van der Waals surface area contributed by atoms with Gasteiger partial charge in [-0.2, -0.15) is 0 Å². The van der Waals surface area contributed by atoms with Gasteiger partial charge in [0.25, 0.3) is 0 Å². The summed E-state index contributed by atoms with van der Waals surface area (Å²) < 4.78 is 36.6. The van der Waals surface area contributed by atoms with E-state index in [1.807, 2.05) is 36.0 Å². The average molecular weight is 1090 g/mol. The molecule has 0 saturated heterocycles. The van der Waals surface area contributed by atoms with Gasteiger partial charge in [0.15, 0.2) is 0 Å². The molecule has 9 aliphatic rings. The van der Waals surface area contributed by atoms with E-state index < -0.39 is 5.92 Å². The maximum atomic E-state index is 18.4. The SMILES string of the molecule is CC1([C@H]2C=CC=CC2)CC(N(c2ccc3c4c(c5c(c3c2)=CCCC=5)C2=CC=C(N(C3=C(F)C(c5ccccc5)CC(C5=CCCC=C5)=C3)c3cccc5c3CCC=C5)CC2S4)c2cccc3c2CCC=C3)=C(F)C(c2ccccc2)C1. The number of allylic oxidation sites excluding steroid dienone is 18. The van der Waals surface area contributed by atoms with Crippen LogP contribution in [-0.2, 0) is 12.8 Å². The Hall–Kier alpha value is -7.73. The molecule has 15 rings (SSSR count). The molecular formula is C77H68F2N2S. The quantitative estimate of drug-likeness (QED) is 0.135. The number of thioether (sulfide) groups is 1. The van der Waals surface area contributed by atoms with Crippen molar-refractivity contribution in [2.45, 2.75) is 112 Å². The van der Waals surface area contributed by atoms with Gasteiger partial charge in [-0.05, 0) is 196 Å². The van der Waals surface area contributed by atoms with Crippen LogP contribution in [0.5, 0.6) is 0 Å². The molecule has 6 aromatic carbocycles. The Balaban J connectivity index is 0.881. The minimum Gasteiger partial charge on any atom is -0.311 e. The van der Waals surface area contributed by atoms with Crippen LogP contribution in [0.3, 0.4) is 0 Å². The van der Waals surface area contributed by atoms with Crippen LogP contribution >= 0.6 is 11.8 Å². The molecule has 1 aliphatic heterocycles. The Kier molecular flexibility index (Phi) is 13.2. The highest BCUT2D eigenvalue weighted by Crippen LogP contribution is 2.57. The molecule has 2 nitrogen and oxygen atoms in total. The Bertz CT molecular complexity index is 4120. The van der Waals surface area contributed by atoms with Gasteiger partial charge in [0.05, 0.1) is 11.4 Å². The second kappa shape index (κ2) is 21.2. The molecule has 1 heterocycles. The van der Waals surface area contributed by atoms with Crippen LogP contribution in [0.25, 0.3) is 40.6 Å². The third-order valence-electron chi connectivity index (χ3n) is 19.3. The van der Waals surface area contributed by atoms with Gasteiger partial charge in [-0.25, -0.2) is 8.78 Å². The van der Waals surface area contributed by atoms with Crippen molar-refractivity contribution in [2.24, 2.45) is 11.3 Å². The van der Waals surface area contributed by atoms with Gasteiger partial charge >= 0.3 is 0 Å². The highest BCUT2D eigenvalue weighted by atomic mass is 32.2. The predicted molar refractivity (Wildman–Crippen MR) is 341 cm³/mol. The highest BCUT2D eigenvalue weighted by molar-refractivity contribution is 8.01. The van der Waals surface area contributed by atoms with Gasteiger partial charge in [-0.15, -0.1) is 11.8 Å². The minimum absolute atomic E-state index is 0.0237. The molecule has 0 bridgehead atoms. The first-order chi connectivity index (χ1) is 40.4. The summed E-state index contributed by atoms with van der Waals surface area (Å²) in [6.07, 6.45) is 48.1. The monoisotopic (exact) mass is 1090 g/mol. The van der Waals surface area contributed by atoms with E-state index in [-0.39, 0.29) is 34.2 Å². The summed E-state index contributed by atoms with van der Waals surface area (Å²) >= 11 is 1.98. The summed E-state index contributed by atoms with van der Waals surface area (Å²) in [4.78, 5) is 5.99. The molecule has 6 aromatic rings. The van der Waals surface area contributed by atoms with Gasteiger partial charge in [0, 0.05) is 56.7 Å². The molecule has 0 aromatic heterocycles. The topological polar surface area (TPSA) is 6.48 Å². The molecule has 0 fully saturated rings. The lowest BCUT2D eigenvalue weighted by molar-refractivity contribution is 0.170. The summed E-state index contributed by atoms with van der Waals surface area (Å²) in [5.74, 6) is -0.601. The van der Waals surface area contributed by atoms with E-state index in [0.717, 1.165) is 110 Å². The zero-order chi connectivity index (χ0) is 54.9. The normalized spacial score (nSPS) is 24.0. The first kappa shape index (κ1) is 51.2. The van der Waals surface area contributed by atoms with E-state index in [1.165, 1.54) is 70.6 Å². The van der Waals surface area contributed by atoms with Crippen LogP contribution in [-0.4, -0.2) is 5.25 Å². The number of hydrogen-bond donors (Lipinski definition) is 0. The molecule has 5 heteroatoms. The zero-order valence-electron chi connectivity index (χ0n) is 46.8. The number of benzene rings is 6. The maximum absolute atomic E-state index is 18.4. The van der Waals surface area contributed by atoms with Gasteiger partial charge in [-0.3, -0.25) is 0 Å². The lowest BCUT2D eigenvalue weighted by Gasteiger charge is -2.46. The van der Waals surface area contributed by atoms with Crippen molar-refractivity contribution >= 4 is 69.5 Å². The standard InChI is InChI=1S/C77H68F2N2S/c1-77(56-32-12-5-13-33-56)48-67(54-26-10-4-11-27-54)75(79)71(49-77)81(69-39-21-31-52-29-15-17-35-60(52)69)57-40-42-63-66(46-57)61-36-18-19-37-62(61)73-64-43-41-58(47-72(64)82-76(63)73)80(68-38-20-30-51-28-14-16-34-59(51)68)70-45-55(50-22-6-2-7-23-50)44-65(74(70)78)53-24-8-3-9-25-53/h3-6,8-15,20-32,36-43,45-46,56,65,67,72H,2,7,16-19,33-35,44,47-49H2,1H3/t56-,65?,67?,72?,77?/m0/s1. The van der Waals surface area contributed by atoms with Crippen LogP contribution in [0, 0.1) is 11.3 Å². The molecule has 4 unspecified atom stereocenters. The fourth-order valence-corrected chi connectivity index (χ4v) is 16.7. The molecule has 5 atom stereocenters. The van der Waals surface area contributed by atoms with Crippen LogP contribution in [0.2, 0.25) is 0 Å². The van der Waals surface area contributed by atoms with Gasteiger partial charge in [0.1, 0.15) is 11.7 Å². The number of fused-ring (bicyclic) bond motifs is 10. The third-order valence-corrected chi connectivity index (χ3v) is 20.7. The molecule has 0 saturated carbocycles. The van der Waals surface area contributed by atoms with Crippen LogP contribution in [0.4, 0.5) is 25.8 Å². The van der Waals surface area contributed by atoms with Crippen molar-refractivity contribution in [3.05, 3.63) is 277 Å². The smallest absolute Gasteiger partial charge is 0.132 e. The molecule has 8 aliphatic carbocycles. The number of rotatable bonds is 10. The van der Waals surface area contributed by atoms with E-state index >= 15 is 8.78 Å². The second-order valence-electron chi connectivity index (χ2n) is 24.2. The molecular weight excluding hydrogens is 1020 g/mol. The van der Waals surface area contributed by atoms with Gasteiger partial charge < -0.3 is 9.80 Å². The molecule has 82 heavy (non-hydrogen) atoms. The summed E-state index contributed by atoms with van der Waals surface area (Å²) in [7, 11) is 0. The first-order valence-corrected chi connectivity index (χ1v) is 31.1. The van der Waals surface area contributed by atoms with Crippen molar-refractivity contribution in [1.29, 1.82) is 0 Å². The van der Waals surface area contributed by atoms with Gasteiger partial charge in [0.2, 0.25) is 0 Å². The summed E-state index contributed by atoms with van der Waals surface area (Å²) in [5, 5.41) is 5.15. The van der Waals surface area contributed by atoms with Gasteiger partial charge in [-0.1, -0.05) is 183 Å². The fourth-order valence-electron chi connectivity index (χ4n) is 15.2. The van der Waals surface area contributed by atoms with Crippen molar-refractivity contribution in [1.82, 2.24) is 0 Å². The predicted octanol–water partition coefficient (Wildman–Crippen LogP) is 19.4. The Morgan fingerprint density at radius 2 is 1.29 bits per heavy atom. The van der Waals surface area contributed by atoms with E-state index in [9.17, 15) is 0 Å². The zero-order valence-corrected chi connectivity index (χ0v) is 47.6. The van der Waals surface area contributed by atoms with E-state index in [4.69, 9.17) is 0 Å². The van der Waals surface area contributed by atoms with E-state index in [1.54, 1.807) is 0 Å². The van der Waals surface area contributed by atoms with Crippen LogP contribution in [0.15, 0.2) is 233 Å². The van der Waals surface area contributed by atoms with Crippen molar-refractivity contribution in [3.8, 4) is 0 Å². The molecule has 406 valence electrons. The third kappa shape index (κ3) is 8.88. The summed E-state index contributed by atoms with van der Waals surface area (Å²) in [6.45, 7) is 2.41. The number of nitrogens with zero attached hydrogens (tertiary/aromatic N) is 2. The van der Waals surface area contributed by atoms with E-state index in [0.29, 0.717) is 18.5 Å².